The zero-order valence-electron chi connectivity index (χ0n) is 19.8. The minimum atomic E-state index is -0.199. The van der Waals surface area contributed by atoms with Crippen molar-refractivity contribution >= 4 is 52.3 Å². The molecule has 35 heavy (non-hydrogen) atoms. The third kappa shape index (κ3) is 6.63. The Morgan fingerprint density at radius 3 is 2.60 bits per heavy atom. The molecule has 4 rings (SSSR count). The second-order valence-corrected chi connectivity index (χ2v) is 10.0. The standard InChI is InChI=1S/C28H32N4O2S/c29-22(12-11-20-8-3-1-4-9-20)21-18-24(25(19-23(21)30)32-15-5-2-6-16-32)31-28(34)14-13-26(33)27-10-7-17-35-27/h1,3-4,7-9,11-12,17-19,27,29H,2,5-6,10,13-16,30H2,(H,31,34)/b12-11+,29-22?. The molecular weight excluding hydrogens is 456 g/mol. The first kappa shape index (κ1) is 24.8. The maximum Gasteiger partial charge on any atom is 0.224 e. The zero-order chi connectivity index (χ0) is 24.6. The van der Waals surface area contributed by atoms with E-state index >= 15 is 0 Å². The fourth-order valence-electron chi connectivity index (χ4n) is 4.37. The van der Waals surface area contributed by atoms with E-state index in [2.05, 4.69) is 10.2 Å². The average molecular weight is 489 g/mol. The Morgan fingerprint density at radius 2 is 1.89 bits per heavy atom. The summed E-state index contributed by atoms with van der Waals surface area (Å²) in [5.41, 5.74) is 10.3. The molecule has 2 aliphatic rings. The fourth-order valence-corrected chi connectivity index (χ4v) is 5.27. The Morgan fingerprint density at radius 1 is 1.11 bits per heavy atom. The van der Waals surface area contributed by atoms with Gasteiger partial charge in [0, 0.05) is 37.2 Å². The molecule has 7 heteroatoms. The van der Waals surface area contributed by atoms with Crippen LogP contribution in [0.3, 0.4) is 0 Å². The van der Waals surface area contributed by atoms with E-state index in [-0.39, 0.29) is 35.5 Å². The minimum absolute atomic E-state index is 0.0632. The van der Waals surface area contributed by atoms with Crippen LogP contribution in [-0.2, 0) is 9.59 Å². The van der Waals surface area contributed by atoms with Crippen LogP contribution >= 0.6 is 11.8 Å². The topological polar surface area (TPSA) is 99.3 Å². The molecule has 6 nitrogen and oxygen atoms in total. The van der Waals surface area contributed by atoms with Crippen LogP contribution in [0.25, 0.3) is 6.08 Å². The van der Waals surface area contributed by atoms with E-state index < -0.39 is 0 Å². The third-order valence-corrected chi connectivity index (χ3v) is 7.45. The van der Waals surface area contributed by atoms with Crippen LogP contribution < -0.4 is 16.0 Å². The van der Waals surface area contributed by atoms with Gasteiger partial charge in [-0.1, -0.05) is 42.5 Å². The number of thioether (sulfide) groups is 1. The minimum Gasteiger partial charge on any atom is -0.398 e. The summed E-state index contributed by atoms with van der Waals surface area (Å²) in [7, 11) is 0. The van der Waals surface area contributed by atoms with Gasteiger partial charge < -0.3 is 21.4 Å². The van der Waals surface area contributed by atoms with E-state index in [1.54, 1.807) is 12.1 Å². The molecule has 1 saturated heterocycles. The Kier molecular flexibility index (Phi) is 8.42. The van der Waals surface area contributed by atoms with Gasteiger partial charge in [0.2, 0.25) is 5.91 Å². The smallest absolute Gasteiger partial charge is 0.224 e. The lowest BCUT2D eigenvalue weighted by Crippen LogP contribution is -2.31. The summed E-state index contributed by atoms with van der Waals surface area (Å²) in [5.74, 6) is -0.0909. The van der Waals surface area contributed by atoms with Gasteiger partial charge in [0.25, 0.3) is 0 Å². The number of nitrogens with zero attached hydrogens (tertiary/aromatic N) is 1. The predicted octanol–water partition coefficient (Wildman–Crippen LogP) is 5.65. The Labute approximate surface area is 211 Å². The van der Waals surface area contributed by atoms with Crippen molar-refractivity contribution in [1.82, 2.24) is 0 Å². The summed E-state index contributed by atoms with van der Waals surface area (Å²) < 4.78 is 0. The maximum absolute atomic E-state index is 12.8. The van der Waals surface area contributed by atoms with Gasteiger partial charge in [-0.2, -0.15) is 0 Å². The number of anilines is 3. The van der Waals surface area contributed by atoms with Crippen LogP contribution in [0.2, 0.25) is 0 Å². The van der Waals surface area contributed by atoms with Gasteiger partial charge in [0.1, 0.15) is 5.78 Å². The average Bonchev–Trinajstić information content (AvgIpc) is 3.43. The third-order valence-electron chi connectivity index (χ3n) is 6.32. The van der Waals surface area contributed by atoms with Crippen LogP contribution in [0.1, 0.15) is 49.7 Å². The predicted molar refractivity (Wildman–Crippen MR) is 147 cm³/mol. The number of carbonyl (C=O) groups is 2. The van der Waals surface area contributed by atoms with Gasteiger partial charge in [0.15, 0.2) is 0 Å². The highest BCUT2D eigenvalue weighted by molar-refractivity contribution is 8.03. The summed E-state index contributed by atoms with van der Waals surface area (Å²) in [5, 5.41) is 13.5. The first-order valence-electron chi connectivity index (χ1n) is 12.1. The summed E-state index contributed by atoms with van der Waals surface area (Å²) in [6.45, 7) is 1.80. The van der Waals surface area contributed by atoms with Gasteiger partial charge in [0.05, 0.1) is 22.3 Å². The number of hydrogen-bond acceptors (Lipinski definition) is 6. The van der Waals surface area contributed by atoms with Crippen molar-refractivity contribution in [1.29, 1.82) is 5.41 Å². The highest BCUT2D eigenvalue weighted by Crippen LogP contribution is 2.34. The van der Waals surface area contributed by atoms with Crippen molar-refractivity contribution in [2.75, 3.05) is 29.0 Å². The molecule has 182 valence electrons. The van der Waals surface area contributed by atoms with Crippen LogP contribution in [0.15, 0.2) is 60.0 Å². The lowest BCUT2D eigenvalue weighted by molar-refractivity contribution is -0.122. The van der Waals surface area contributed by atoms with Gasteiger partial charge in [-0.3, -0.25) is 9.59 Å². The number of Topliss-reactive ketones (excluding diaryl/α,β-unsaturated/α-hetero) is 1. The SMILES string of the molecule is N=C(/C=C/c1ccccc1)c1cc(NC(=O)CCC(=O)C2CC=CS2)c(N2CCCCC2)cc1N. The molecule has 1 atom stereocenters. The second kappa shape index (κ2) is 11.9. The quantitative estimate of drug-likeness (QED) is 0.313. The van der Waals surface area contributed by atoms with E-state index in [9.17, 15) is 9.59 Å². The molecular formula is C28H32N4O2S. The molecule has 2 aromatic rings. The summed E-state index contributed by atoms with van der Waals surface area (Å²) in [6.07, 6.45) is 10.1. The number of allylic oxidation sites excluding steroid dienone is 2. The number of nitrogens with two attached hydrogens (primary N) is 1. The van der Waals surface area contributed by atoms with Crippen molar-refractivity contribution in [2.24, 2.45) is 0 Å². The van der Waals surface area contributed by atoms with Crippen molar-refractivity contribution in [3.8, 4) is 0 Å². The highest BCUT2D eigenvalue weighted by Gasteiger charge is 2.22. The van der Waals surface area contributed by atoms with E-state index in [1.807, 2.05) is 54.0 Å². The molecule has 0 aromatic heterocycles. The summed E-state index contributed by atoms with van der Waals surface area (Å²) >= 11 is 1.52. The van der Waals surface area contributed by atoms with Crippen molar-refractivity contribution in [3.63, 3.8) is 0 Å². The maximum atomic E-state index is 12.8. The molecule has 0 spiro atoms. The van der Waals surface area contributed by atoms with E-state index in [0.717, 1.165) is 43.6 Å². The van der Waals surface area contributed by atoms with Crippen molar-refractivity contribution in [3.05, 3.63) is 71.2 Å². The first-order chi connectivity index (χ1) is 17.0. The number of carbonyl (C=O) groups excluding carboxylic acids is 2. The molecule has 2 aromatic carbocycles. The zero-order valence-corrected chi connectivity index (χ0v) is 20.7. The summed E-state index contributed by atoms with van der Waals surface area (Å²) in [4.78, 5) is 27.5. The Bertz CT molecular complexity index is 1130. The largest absolute Gasteiger partial charge is 0.398 e. The van der Waals surface area contributed by atoms with E-state index in [1.165, 1.54) is 18.2 Å². The summed E-state index contributed by atoms with van der Waals surface area (Å²) in [6, 6.07) is 13.5. The lowest BCUT2D eigenvalue weighted by atomic mass is 10.0. The number of nitrogens with one attached hydrogen (secondary N) is 2. The van der Waals surface area contributed by atoms with Crippen molar-refractivity contribution in [2.45, 2.75) is 43.8 Å². The number of benzene rings is 2. The normalized spacial score (nSPS) is 17.6. The van der Waals surface area contributed by atoms with Gasteiger partial charge in [-0.05, 0) is 54.9 Å². The first-order valence-corrected chi connectivity index (χ1v) is 13.1. The molecule has 0 saturated carbocycles. The molecule has 0 bridgehead atoms. The number of nitrogen functional groups attached to an aromatic ring is 1. The molecule has 0 aliphatic carbocycles. The number of hydrogen-bond donors (Lipinski definition) is 3. The fraction of sp³-hybridized carbons (Fsp3) is 0.321. The molecule has 1 amide bonds. The molecule has 1 unspecified atom stereocenters. The van der Waals surface area contributed by atoms with E-state index in [0.29, 0.717) is 16.9 Å². The van der Waals surface area contributed by atoms with Gasteiger partial charge in [-0.15, -0.1) is 11.8 Å². The van der Waals surface area contributed by atoms with Gasteiger partial charge in [-0.25, -0.2) is 0 Å². The van der Waals surface area contributed by atoms with Crippen molar-refractivity contribution < 1.29 is 9.59 Å². The molecule has 0 radical (unpaired) electrons. The molecule has 1 fully saturated rings. The molecule has 2 heterocycles. The molecule has 4 N–H and O–H groups in total. The van der Waals surface area contributed by atoms with Crippen LogP contribution in [-0.4, -0.2) is 35.7 Å². The second-order valence-electron chi connectivity index (χ2n) is 8.91. The number of amides is 1. The lowest BCUT2D eigenvalue weighted by Gasteiger charge is -2.31. The van der Waals surface area contributed by atoms with Gasteiger partial charge >= 0.3 is 0 Å². The van der Waals surface area contributed by atoms with E-state index in [4.69, 9.17) is 11.1 Å². The van der Waals surface area contributed by atoms with Crippen LogP contribution in [0.4, 0.5) is 17.1 Å². The number of ketones is 1. The van der Waals surface area contributed by atoms with Crippen LogP contribution in [0.5, 0.6) is 0 Å². The highest BCUT2D eigenvalue weighted by atomic mass is 32.2. The number of rotatable bonds is 9. The monoisotopic (exact) mass is 488 g/mol. The molecule has 2 aliphatic heterocycles. The number of piperidine rings is 1. The Hall–Kier alpha value is -3.32. The Balaban J connectivity index is 1.52. The van der Waals surface area contributed by atoms with Crippen LogP contribution in [0, 0.1) is 5.41 Å².